The van der Waals surface area contributed by atoms with Crippen molar-refractivity contribution in [2.45, 2.75) is 26.7 Å². The molecule has 0 aliphatic rings. The van der Waals surface area contributed by atoms with Crippen LogP contribution in [0.2, 0.25) is 0 Å². The monoisotopic (exact) mass is 203 g/mol. The topological polar surface area (TPSA) is 51.8 Å². The second kappa shape index (κ2) is 3.81. The van der Waals surface area contributed by atoms with Gasteiger partial charge in [-0.2, -0.15) is 4.98 Å². The normalized spacial score (nSPS) is 10.9. The molecule has 0 N–H and O–H groups in total. The molecule has 2 aromatic rings. The predicted molar refractivity (Wildman–Crippen MR) is 56.4 cm³/mol. The van der Waals surface area contributed by atoms with Gasteiger partial charge in [-0.05, 0) is 25.0 Å². The summed E-state index contributed by atoms with van der Waals surface area (Å²) < 4.78 is 5.05. The Labute approximate surface area is 88.4 Å². The van der Waals surface area contributed by atoms with Crippen molar-refractivity contribution in [2.75, 3.05) is 0 Å². The fourth-order valence-corrected chi connectivity index (χ4v) is 1.29. The van der Waals surface area contributed by atoms with Crippen molar-refractivity contribution in [1.82, 2.24) is 15.1 Å². The summed E-state index contributed by atoms with van der Waals surface area (Å²) in [4.78, 5) is 8.47. The Balaban J connectivity index is 2.31. The molecule has 0 amide bonds. The van der Waals surface area contributed by atoms with Gasteiger partial charge in [-0.3, -0.25) is 4.98 Å². The molecule has 2 heterocycles. The van der Waals surface area contributed by atoms with Crippen molar-refractivity contribution in [3.05, 3.63) is 29.8 Å². The van der Waals surface area contributed by atoms with Gasteiger partial charge < -0.3 is 4.52 Å². The summed E-state index contributed by atoms with van der Waals surface area (Å²) in [5.74, 6) is 1.59. The van der Waals surface area contributed by atoms with Crippen LogP contribution in [0.25, 0.3) is 11.5 Å². The van der Waals surface area contributed by atoms with E-state index in [9.17, 15) is 0 Å². The average molecular weight is 203 g/mol. The van der Waals surface area contributed by atoms with E-state index >= 15 is 0 Å². The van der Waals surface area contributed by atoms with E-state index in [0.29, 0.717) is 17.6 Å². The molecule has 0 radical (unpaired) electrons. The minimum Gasteiger partial charge on any atom is -0.334 e. The number of hydrogen-bond donors (Lipinski definition) is 0. The van der Waals surface area contributed by atoms with E-state index in [1.54, 1.807) is 13.1 Å². The first-order valence-corrected chi connectivity index (χ1v) is 4.93. The molecule has 0 bridgehead atoms. The van der Waals surface area contributed by atoms with E-state index in [1.165, 1.54) is 0 Å². The lowest BCUT2D eigenvalue weighted by Crippen LogP contribution is -1.91. The van der Waals surface area contributed by atoms with Crippen molar-refractivity contribution in [1.29, 1.82) is 0 Å². The minimum absolute atomic E-state index is 0.434. The van der Waals surface area contributed by atoms with Crippen LogP contribution in [0.4, 0.5) is 0 Å². The lowest BCUT2D eigenvalue weighted by Gasteiger charge is -2.03. The van der Waals surface area contributed by atoms with Crippen LogP contribution in [0.3, 0.4) is 0 Å². The number of aryl methyl sites for hydroxylation is 1. The zero-order valence-electron chi connectivity index (χ0n) is 9.06. The molecule has 0 saturated heterocycles. The highest BCUT2D eigenvalue weighted by atomic mass is 16.5. The first-order chi connectivity index (χ1) is 7.16. The number of hydrogen-bond acceptors (Lipinski definition) is 4. The first-order valence-electron chi connectivity index (χ1n) is 4.93. The molecule has 78 valence electrons. The van der Waals surface area contributed by atoms with Gasteiger partial charge in [0.2, 0.25) is 0 Å². The predicted octanol–water partition coefficient (Wildman–Crippen LogP) is 2.56. The first kappa shape index (κ1) is 9.83. The van der Waals surface area contributed by atoms with Crippen LogP contribution in [0.15, 0.2) is 22.9 Å². The molecular weight excluding hydrogens is 190 g/mol. The Morgan fingerprint density at radius 2 is 2.07 bits per heavy atom. The minimum atomic E-state index is 0.434. The Hall–Kier alpha value is -1.71. The Bertz CT molecular complexity index is 445. The maximum Gasteiger partial charge on any atom is 0.259 e. The van der Waals surface area contributed by atoms with Gasteiger partial charge in [-0.1, -0.05) is 19.0 Å². The van der Waals surface area contributed by atoms with Crippen LogP contribution in [-0.2, 0) is 0 Å². The van der Waals surface area contributed by atoms with Gasteiger partial charge in [0.25, 0.3) is 5.89 Å². The van der Waals surface area contributed by atoms with Crippen LogP contribution in [0.5, 0.6) is 0 Å². The maximum absolute atomic E-state index is 5.05. The second-order valence-electron chi connectivity index (χ2n) is 3.77. The van der Waals surface area contributed by atoms with E-state index in [2.05, 4.69) is 29.0 Å². The summed E-state index contributed by atoms with van der Waals surface area (Å²) in [5, 5.41) is 3.74. The van der Waals surface area contributed by atoms with E-state index in [0.717, 1.165) is 11.3 Å². The summed E-state index contributed by atoms with van der Waals surface area (Å²) in [6.07, 6.45) is 1.77. The highest BCUT2D eigenvalue weighted by Gasteiger charge is 2.07. The molecule has 0 aromatic carbocycles. The summed E-state index contributed by atoms with van der Waals surface area (Å²) >= 11 is 0. The third kappa shape index (κ3) is 2.03. The van der Waals surface area contributed by atoms with Crippen LogP contribution in [0.1, 0.15) is 31.3 Å². The van der Waals surface area contributed by atoms with Crippen molar-refractivity contribution in [3.8, 4) is 11.5 Å². The SMILES string of the molecule is Cc1noc(-c2ccc(C(C)C)nc2)n1. The zero-order chi connectivity index (χ0) is 10.8. The molecule has 0 spiro atoms. The lowest BCUT2D eigenvalue weighted by atomic mass is 10.1. The quantitative estimate of drug-likeness (QED) is 0.752. The summed E-state index contributed by atoms with van der Waals surface area (Å²) in [7, 11) is 0. The standard InChI is InChI=1S/C11H13N3O/c1-7(2)10-5-4-9(6-12-10)11-13-8(3)14-15-11/h4-7H,1-3H3. The van der Waals surface area contributed by atoms with Gasteiger partial charge in [0, 0.05) is 11.9 Å². The largest absolute Gasteiger partial charge is 0.334 e. The summed E-state index contributed by atoms with van der Waals surface area (Å²) in [5.41, 5.74) is 1.93. The second-order valence-corrected chi connectivity index (χ2v) is 3.77. The van der Waals surface area contributed by atoms with E-state index in [-0.39, 0.29) is 0 Å². The van der Waals surface area contributed by atoms with Crippen molar-refractivity contribution >= 4 is 0 Å². The van der Waals surface area contributed by atoms with Gasteiger partial charge in [-0.15, -0.1) is 0 Å². The van der Waals surface area contributed by atoms with Gasteiger partial charge in [0.1, 0.15) is 0 Å². The molecule has 0 saturated carbocycles. The van der Waals surface area contributed by atoms with E-state index < -0.39 is 0 Å². The molecule has 0 unspecified atom stereocenters. The van der Waals surface area contributed by atoms with Gasteiger partial charge in [0.15, 0.2) is 5.82 Å². The lowest BCUT2D eigenvalue weighted by molar-refractivity contribution is 0.425. The van der Waals surface area contributed by atoms with Gasteiger partial charge >= 0.3 is 0 Å². The molecule has 4 nitrogen and oxygen atoms in total. The molecule has 2 rings (SSSR count). The fraction of sp³-hybridized carbons (Fsp3) is 0.364. The molecule has 2 aromatic heterocycles. The molecular formula is C11H13N3O. The van der Waals surface area contributed by atoms with Crippen molar-refractivity contribution in [3.63, 3.8) is 0 Å². The van der Waals surface area contributed by atoms with Gasteiger partial charge in [-0.25, -0.2) is 0 Å². The number of pyridine rings is 1. The smallest absolute Gasteiger partial charge is 0.259 e. The Kier molecular flexibility index (Phi) is 2.49. The van der Waals surface area contributed by atoms with Crippen molar-refractivity contribution in [2.24, 2.45) is 0 Å². The molecule has 4 heteroatoms. The fourth-order valence-electron chi connectivity index (χ4n) is 1.29. The van der Waals surface area contributed by atoms with Crippen LogP contribution in [0, 0.1) is 6.92 Å². The zero-order valence-corrected chi connectivity index (χ0v) is 9.06. The highest BCUT2D eigenvalue weighted by Crippen LogP contribution is 2.18. The number of aromatic nitrogens is 3. The van der Waals surface area contributed by atoms with Crippen LogP contribution >= 0.6 is 0 Å². The van der Waals surface area contributed by atoms with E-state index in [1.807, 2.05) is 12.1 Å². The third-order valence-corrected chi connectivity index (χ3v) is 2.15. The van der Waals surface area contributed by atoms with Crippen LogP contribution in [-0.4, -0.2) is 15.1 Å². The average Bonchev–Trinajstić information content (AvgIpc) is 2.65. The van der Waals surface area contributed by atoms with E-state index in [4.69, 9.17) is 4.52 Å². The molecule has 0 aliphatic heterocycles. The van der Waals surface area contributed by atoms with Gasteiger partial charge in [0.05, 0.1) is 5.56 Å². The summed E-state index contributed by atoms with van der Waals surface area (Å²) in [6, 6.07) is 3.94. The number of rotatable bonds is 2. The molecule has 15 heavy (non-hydrogen) atoms. The van der Waals surface area contributed by atoms with Crippen molar-refractivity contribution < 1.29 is 4.52 Å². The Morgan fingerprint density at radius 3 is 2.53 bits per heavy atom. The third-order valence-electron chi connectivity index (χ3n) is 2.15. The molecule has 0 atom stereocenters. The van der Waals surface area contributed by atoms with Crippen LogP contribution < -0.4 is 0 Å². The molecule has 0 aliphatic carbocycles. The summed E-state index contributed by atoms with van der Waals surface area (Å²) in [6.45, 7) is 6.01. The maximum atomic E-state index is 5.05. The molecule has 0 fully saturated rings. The number of nitrogens with zero attached hydrogens (tertiary/aromatic N) is 3. The highest BCUT2D eigenvalue weighted by molar-refractivity contribution is 5.51. The Morgan fingerprint density at radius 1 is 1.27 bits per heavy atom.